The Labute approximate surface area is 116 Å². The normalized spacial score (nSPS) is 15.5. The fraction of sp³-hybridized carbons (Fsp3) is 0.688. The highest BCUT2D eigenvalue weighted by molar-refractivity contribution is 5.29. The van der Waals surface area contributed by atoms with Crippen LogP contribution >= 0.6 is 0 Å². The maximum atomic E-state index is 5.92. The molecule has 1 heterocycles. The van der Waals surface area contributed by atoms with Crippen LogP contribution in [0.4, 0.5) is 0 Å². The van der Waals surface area contributed by atoms with Crippen molar-refractivity contribution in [1.29, 1.82) is 0 Å². The number of nitrogens with zero attached hydrogens (tertiary/aromatic N) is 1. The van der Waals surface area contributed by atoms with E-state index in [-0.39, 0.29) is 0 Å². The van der Waals surface area contributed by atoms with Crippen LogP contribution in [0.25, 0.3) is 0 Å². The third kappa shape index (κ3) is 4.83. The summed E-state index contributed by atoms with van der Waals surface area (Å²) in [6, 6.07) is 1.98. The molecule has 1 saturated carbocycles. The van der Waals surface area contributed by atoms with Crippen LogP contribution in [0.3, 0.4) is 0 Å². The molecule has 0 atom stereocenters. The lowest BCUT2D eigenvalue weighted by atomic mass is 9.83. The summed E-state index contributed by atoms with van der Waals surface area (Å²) in [6.45, 7) is 7.13. The molecule has 2 rings (SSSR count). The zero-order valence-corrected chi connectivity index (χ0v) is 12.2. The van der Waals surface area contributed by atoms with Crippen molar-refractivity contribution in [2.75, 3.05) is 13.2 Å². The molecule has 0 saturated heterocycles. The highest BCUT2D eigenvalue weighted by Gasteiger charge is 2.17. The predicted molar refractivity (Wildman–Crippen MR) is 78.2 cm³/mol. The van der Waals surface area contributed by atoms with Gasteiger partial charge in [-0.25, -0.2) is 0 Å². The van der Waals surface area contributed by atoms with E-state index in [9.17, 15) is 0 Å². The summed E-state index contributed by atoms with van der Waals surface area (Å²) >= 11 is 0. The Kier molecular flexibility index (Phi) is 5.64. The molecule has 0 unspecified atom stereocenters. The van der Waals surface area contributed by atoms with Gasteiger partial charge in [-0.1, -0.05) is 33.1 Å². The summed E-state index contributed by atoms with van der Waals surface area (Å²) in [6.07, 6.45) is 9.10. The number of pyridine rings is 1. The average molecular weight is 262 g/mol. The van der Waals surface area contributed by atoms with E-state index in [1.54, 1.807) is 0 Å². The standard InChI is InChI=1S/C16H26N2O/c1-13(2)10-18-12-15-11-17-8-6-16(15)19-9-7-14-4-3-5-14/h6,8,11,13-14,18H,3-5,7,9-10,12H2,1-2H3. The minimum Gasteiger partial charge on any atom is -0.493 e. The van der Waals surface area contributed by atoms with E-state index in [4.69, 9.17) is 4.74 Å². The van der Waals surface area contributed by atoms with Crippen LogP contribution in [0.1, 0.15) is 45.1 Å². The number of hydrogen-bond donors (Lipinski definition) is 1. The van der Waals surface area contributed by atoms with Crippen LogP contribution < -0.4 is 10.1 Å². The second-order valence-electron chi connectivity index (χ2n) is 5.94. The predicted octanol–water partition coefficient (Wildman–Crippen LogP) is 3.40. The van der Waals surface area contributed by atoms with Gasteiger partial charge in [0.05, 0.1) is 6.61 Å². The smallest absolute Gasteiger partial charge is 0.126 e. The Morgan fingerprint density at radius 2 is 2.26 bits per heavy atom. The van der Waals surface area contributed by atoms with Gasteiger partial charge in [-0.2, -0.15) is 0 Å². The Bertz CT molecular complexity index is 375. The van der Waals surface area contributed by atoms with Crippen LogP contribution in [-0.4, -0.2) is 18.1 Å². The molecule has 3 nitrogen and oxygen atoms in total. The molecule has 0 bridgehead atoms. The summed E-state index contributed by atoms with van der Waals surface area (Å²) < 4.78 is 5.92. The fourth-order valence-electron chi connectivity index (χ4n) is 2.30. The third-order valence-corrected chi connectivity index (χ3v) is 3.74. The summed E-state index contributed by atoms with van der Waals surface area (Å²) in [5.74, 6) is 2.56. The highest BCUT2D eigenvalue weighted by Crippen LogP contribution is 2.29. The van der Waals surface area contributed by atoms with Crippen molar-refractivity contribution < 1.29 is 4.74 Å². The fourth-order valence-corrected chi connectivity index (χ4v) is 2.30. The van der Waals surface area contributed by atoms with Gasteiger partial charge in [0.25, 0.3) is 0 Å². The van der Waals surface area contributed by atoms with Gasteiger partial charge in [0.2, 0.25) is 0 Å². The molecule has 1 aliphatic rings. The zero-order chi connectivity index (χ0) is 13.5. The Morgan fingerprint density at radius 3 is 2.95 bits per heavy atom. The SMILES string of the molecule is CC(C)CNCc1cnccc1OCCC1CCC1. The molecule has 0 aromatic carbocycles. The summed E-state index contributed by atoms with van der Waals surface area (Å²) in [4.78, 5) is 4.19. The Hall–Kier alpha value is -1.09. The van der Waals surface area contributed by atoms with Crippen molar-refractivity contribution in [3.63, 3.8) is 0 Å². The van der Waals surface area contributed by atoms with Crippen molar-refractivity contribution in [2.45, 2.75) is 46.1 Å². The van der Waals surface area contributed by atoms with Gasteiger partial charge in [0, 0.05) is 24.5 Å². The lowest BCUT2D eigenvalue weighted by Gasteiger charge is -2.25. The summed E-state index contributed by atoms with van der Waals surface area (Å²) in [7, 11) is 0. The first-order valence-electron chi connectivity index (χ1n) is 7.52. The molecular weight excluding hydrogens is 236 g/mol. The van der Waals surface area contributed by atoms with E-state index in [0.717, 1.165) is 36.9 Å². The molecular formula is C16H26N2O. The lowest BCUT2D eigenvalue weighted by Crippen LogP contribution is -2.20. The van der Waals surface area contributed by atoms with Crippen LogP contribution in [-0.2, 0) is 6.54 Å². The highest BCUT2D eigenvalue weighted by atomic mass is 16.5. The molecule has 19 heavy (non-hydrogen) atoms. The molecule has 0 aliphatic heterocycles. The molecule has 1 aliphatic carbocycles. The topological polar surface area (TPSA) is 34.2 Å². The van der Waals surface area contributed by atoms with E-state index >= 15 is 0 Å². The summed E-state index contributed by atoms with van der Waals surface area (Å²) in [5, 5.41) is 3.44. The van der Waals surface area contributed by atoms with Crippen LogP contribution in [0, 0.1) is 11.8 Å². The van der Waals surface area contributed by atoms with Crippen LogP contribution in [0.5, 0.6) is 5.75 Å². The first kappa shape index (κ1) is 14.3. The van der Waals surface area contributed by atoms with Gasteiger partial charge < -0.3 is 10.1 Å². The number of hydrogen-bond acceptors (Lipinski definition) is 3. The van der Waals surface area contributed by atoms with E-state index < -0.39 is 0 Å². The lowest BCUT2D eigenvalue weighted by molar-refractivity contribution is 0.220. The maximum Gasteiger partial charge on any atom is 0.126 e. The number of nitrogens with one attached hydrogen (secondary N) is 1. The Balaban J connectivity index is 1.77. The maximum absolute atomic E-state index is 5.92. The van der Waals surface area contributed by atoms with Gasteiger partial charge in [0.1, 0.15) is 5.75 Å². The van der Waals surface area contributed by atoms with E-state index in [0.29, 0.717) is 5.92 Å². The van der Waals surface area contributed by atoms with Crippen molar-refractivity contribution in [1.82, 2.24) is 10.3 Å². The minimum atomic E-state index is 0.666. The van der Waals surface area contributed by atoms with Gasteiger partial charge in [0.15, 0.2) is 0 Å². The molecule has 1 aromatic rings. The molecule has 106 valence electrons. The van der Waals surface area contributed by atoms with E-state index in [1.807, 2.05) is 18.5 Å². The largest absolute Gasteiger partial charge is 0.493 e. The minimum absolute atomic E-state index is 0.666. The van der Waals surface area contributed by atoms with Crippen molar-refractivity contribution in [3.05, 3.63) is 24.0 Å². The number of rotatable bonds is 8. The molecule has 1 aromatic heterocycles. The van der Waals surface area contributed by atoms with Crippen molar-refractivity contribution in [3.8, 4) is 5.75 Å². The van der Waals surface area contributed by atoms with Crippen molar-refractivity contribution >= 4 is 0 Å². The summed E-state index contributed by atoms with van der Waals surface area (Å²) in [5.41, 5.74) is 1.16. The van der Waals surface area contributed by atoms with Crippen molar-refractivity contribution in [2.24, 2.45) is 11.8 Å². The molecule has 0 spiro atoms. The van der Waals surface area contributed by atoms with E-state index in [2.05, 4.69) is 24.1 Å². The van der Waals surface area contributed by atoms with Gasteiger partial charge in [-0.3, -0.25) is 4.98 Å². The molecule has 1 N–H and O–H groups in total. The van der Waals surface area contributed by atoms with Gasteiger partial charge in [-0.05, 0) is 30.9 Å². The molecule has 0 radical (unpaired) electrons. The van der Waals surface area contributed by atoms with Crippen LogP contribution in [0.2, 0.25) is 0 Å². The monoisotopic (exact) mass is 262 g/mol. The zero-order valence-electron chi connectivity index (χ0n) is 12.2. The Morgan fingerprint density at radius 1 is 1.42 bits per heavy atom. The molecule has 0 amide bonds. The van der Waals surface area contributed by atoms with Crippen LogP contribution in [0.15, 0.2) is 18.5 Å². The molecule has 1 fully saturated rings. The third-order valence-electron chi connectivity index (χ3n) is 3.74. The molecule has 3 heteroatoms. The average Bonchev–Trinajstić information content (AvgIpc) is 2.33. The second-order valence-corrected chi connectivity index (χ2v) is 5.94. The van der Waals surface area contributed by atoms with Gasteiger partial charge in [-0.15, -0.1) is 0 Å². The number of aromatic nitrogens is 1. The van der Waals surface area contributed by atoms with E-state index in [1.165, 1.54) is 25.7 Å². The second kappa shape index (κ2) is 7.49. The first-order chi connectivity index (χ1) is 9.25. The van der Waals surface area contributed by atoms with Gasteiger partial charge >= 0.3 is 0 Å². The quantitative estimate of drug-likeness (QED) is 0.779. The first-order valence-corrected chi connectivity index (χ1v) is 7.52. The number of ether oxygens (including phenoxy) is 1.